The fourth-order valence-electron chi connectivity index (χ4n) is 1.46. The molecule has 0 aliphatic carbocycles. The summed E-state index contributed by atoms with van der Waals surface area (Å²) in [4.78, 5) is 12.8. The summed E-state index contributed by atoms with van der Waals surface area (Å²) in [5.74, 6) is 0.144. The van der Waals surface area contributed by atoms with Crippen molar-refractivity contribution >= 4 is 15.4 Å². The molecule has 0 spiro atoms. The number of hydrogen-bond acceptors (Lipinski definition) is 3. The molecule has 5 heteroatoms. The number of piperidine rings is 1. The van der Waals surface area contributed by atoms with E-state index in [9.17, 15) is 4.79 Å². The molecule has 1 heterocycles. The molecular formula is C7H15N2O2P. The van der Waals surface area contributed by atoms with E-state index in [0.29, 0.717) is 0 Å². The SMILES string of the molecule is CC(=O)N1CCCC(NOP)C1. The molecule has 0 aromatic carbocycles. The van der Waals surface area contributed by atoms with Gasteiger partial charge in [0.05, 0.1) is 6.04 Å². The van der Waals surface area contributed by atoms with E-state index < -0.39 is 0 Å². The molecule has 1 amide bonds. The quantitative estimate of drug-likeness (QED) is 0.503. The van der Waals surface area contributed by atoms with Crippen LogP contribution in [0.25, 0.3) is 0 Å². The van der Waals surface area contributed by atoms with Gasteiger partial charge in [-0.1, -0.05) is 0 Å². The van der Waals surface area contributed by atoms with Crippen LogP contribution in [0.4, 0.5) is 0 Å². The molecule has 70 valence electrons. The van der Waals surface area contributed by atoms with Crippen molar-refractivity contribution in [2.75, 3.05) is 13.1 Å². The van der Waals surface area contributed by atoms with Crippen molar-refractivity contribution in [1.29, 1.82) is 0 Å². The van der Waals surface area contributed by atoms with E-state index in [1.165, 1.54) is 0 Å². The van der Waals surface area contributed by atoms with Crippen LogP contribution in [0.15, 0.2) is 0 Å². The first kappa shape index (κ1) is 9.90. The normalized spacial score (nSPS) is 24.2. The summed E-state index contributed by atoms with van der Waals surface area (Å²) in [5, 5.41) is 0. The predicted molar refractivity (Wildman–Crippen MR) is 49.2 cm³/mol. The fraction of sp³-hybridized carbons (Fsp3) is 0.857. The Kier molecular flexibility index (Phi) is 3.92. The Morgan fingerprint density at radius 3 is 3.08 bits per heavy atom. The number of amides is 1. The van der Waals surface area contributed by atoms with Gasteiger partial charge in [-0.05, 0) is 12.8 Å². The van der Waals surface area contributed by atoms with E-state index in [1.807, 2.05) is 4.90 Å². The lowest BCUT2D eigenvalue weighted by molar-refractivity contribution is -0.130. The van der Waals surface area contributed by atoms with Crippen molar-refractivity contribution in [1.82, 2.24) is 10.4 Å². The Balaban J connectivity index is 2.35. The maximum atomic E-state index is 11.0. The maximum Gasteiger partial charge on any atom is 0.219 e. The first-order valence-corrected chi connectivity index (χ1v) is 4.58. The average Bonchev–Trinajstić information content (AvgIpc) is 2.05. The summed E-state index contributed by atoms with van der Waals surface area (Å²) in [6, 6.07) is 0.278. The molecule has 1 N–H and O–H groups in total. The van der Waals surface area contributed by atoms with Crippen molar-refractivity contribution in [3.05, 3.63) is 0 Å². The zero-order chi connectivity index (χ0) is 8.97. The van der Waals surface area contributed by atoms with Crippen LogP contribution in [0, 0.1) is 0 Å². The maximum absolute atomic E-state index is 11.0. The van der Waals surface area contributed by atoms with E-state index in [1.54, 1.807) is 6.92 Å². The number of likely N-dealkylation sites (tertiary alicyclic amines) is 1. The van der Waals surface area contributed by atoms with Crippen LogP contribution in [-0.2, 0) is 9.42 Å². The summed E-state index contributed by atoms with van der Waals surface area (Å²) < 4.78 is 4.74. The molecule has 4 nitrogen and oxygen atoms in total. The lowest BCUT2D eigenvalue weighted by Gasteiger charge is -2.31. The van der Waals surface area contributed by atoms with Gasteiger partial charge in [0.15, 0.2) is 0 Å². The molecule has 0 aromatic rings. The van der Waals surface area contributed by atoms with Crippen LogP contribution in [0.1, 0.15) is 19.8 Å². The summed E-state index contributed by atoms with van der Waals surface area (Å²) in [5.41, 5.74) is 2.84. The molecule has 1 aliphatic rings. The van der Waals surface area contributed by atoms with E-state index in [2.05, 4.69) is 14.9 Å². The van der Waals surface area contributed by atoms with Crippen molar-refractivity contribution in [3.8, 4) is 0 Å². The third kappa shape index (κ3) is 2.70. The van der Waals surface area contributed by atoms with Crippen molar-refractivity contribution in [2.24, 2.45) is 0 Å². The van der Waals surface area contributed by atoms with Crippen molar-refractivity contribution in [3.63, 3.8) is 0 Å². The Morgan fingerprint density at radius 2 is 2.50 bits per heavy atom. The largest absolute Gasteiger partial charge is 0.341 e. The molecule has 1 saturated heterocycles. The topological polar surface area (TPSA) is 41.6 Å². The van der Waals surface area contributed by atoms with Gasteiger partial charge in [-0.15, -0.1) is 0 Å². The van der Waals surface area contributed by atoms with E-state index in [0.717, 1.165) is 25.9 Å². The van der Waals surface area contributed by atoms with Crippen molar-refractivity contribution < 1.29 is 9.42 Å². The lowest BCUT2D eigenvalue weighted by Crippen LogP contribution is -2.46. The number of rotatable bonds is 2. The van der Waals surface area contributed by atoms with Gasteiger partial charge in [0, 0.05) is 29.5 Å². The van der Waals surface area contributed by atoms with Gasteiger partial charge in [0.1, 0.15) is 0 Å². The minimum atomic E-state index is 0.144. The second kappa shape index (κ2) is 4.75. The highest BCUT2D eigenvalue weighted by atomic mass is 31.0. The first-order valence-electron chi connectivity index (χ1n) is 4.11. The number of carbonyl (C=O) groups is 1. The van der Waals surface area contributed by atoms with Crippen LogP contribution in [-0.4, -0.2) is 29.9 Å². The van der Waals surface area contributed by atoms with E-state index >= 15 is 0 Å². The summed E-state index contributed by atoms with van der Waals surface area (Å²) in [6.45, 7) is 3.23. The minimum Gasteiger partial charge on any atom is -0.341 e. The molecule has 0 aromatic heterocycles. The third-order valence-electron chi connectivity index (χ3n) is 2.10. The molecule has 1 aliphatic heterocycles. The molecule has 1 rings (SSSR count). The highest BCUT2D eigenvalue weighted by Crippen LogP contribution is 2.10. The van der Waals surface area contributed by atoms with Crippen LogP contribution in [0.3, 0.4) is 0 Å². The number of nitrogens with one attached hydrogen (secondary N) is 1. The Morgan fingerprint density at radius 1 is 1.75 bits per heavy atom. The summed E-state index contributed by atoms with van der Waals surface area (Å²) in [7, 11) is 2.15. The highest BCUT2D eigenvalue weighted by Gasteiger charge is 2.20. The number of hydrogen-bond donors (Lipinski definition) is 1. The van der Waals surface area contributed by atoms with Gasteiger partial charge in [-0.2, -0.15) is 5.48 Å². The molecule has 2 atom stereocenters. The van der Waals surface area contributed by atoms with Gasteiger partial charge in [-0.3, -0.25) is 9.42 Å². The number of carbonyl (C=O) groups excluding carboxylic acids is 1. The standard InChI is InChI=1S/C7H15N2O2P/c1-6(10)9-4-2-3-7(5-9)8-11-12/h7-8H,2-5,12H2,1H3. The summed E-state index contributed by atoms with van der Waals surface area (Å²) >= 11 is 0. The zero-order valence-corrected chi connectivity index (χ0v) is 8.40. The predicted octanol–water partition coefficient (Wildman–Crippen LogP) is 0.309. The second-order valence-electron chi connectivity index (χ2n) is 3.04. The van der Waals surface area contributed by atoms with Crippen LogP contribution in [0.2, 0.25) is 0 Å². The highest BCUT2D eigenvalue weighted by molar-refractivity contribution is 7.09. The van der Waals surface area contributed by atoms with Crippen LogP contribution < -0.4 is 5.48 Å². The Hall–Kier alpha value is -0.180. The van der Waals surface area contributed by atoms with Crippen molar-refractivity contribution in [2.45, 2.75) is 25.8 Å². The molecular weight excluding hydrogens is 175 g/mol. The smallest absolute Gasteiger partial charge is 0.219 e. The Labute approximate surface area is 74.9 Å². The molecule has 12 heavy (non-hydrogen) atoms. The number of hydroxylamine groups is 1. The molecule has 1 fully saturated rings. The van der Waals surface area contributed by atoms with E-state index in [-0.39, 0.29) is 11.9 Å². The van der Waals surface area contributed by atoms with Gasteiger partial charge in [0.25, 0.3) is 0 Å². The minimum absolute atomic E-state index is 0.144. The monoisotopic (exact) mass is 190 g/mol. The van der Waals surface area contributed by atoms with Gasteiger partial charge >= 0.3 is 0 Å². The lowest BCUT2D eigenvalue weighted by atomic mass is 10.1. The van der Waals surface area contributed by atoms with Gasteiger partial charge in [0.2, 0.25) is 5.91 Å². The average molecular weight is 190 g/mol. The van der Waals surface area contributed by atoms with Gasteiger partial charge in [-0.25, -0.2) is 0 Å². The third-order valence-corrected chi connectivity index (χ3v) is 2.24. The van der Waals surface area contributed by atoms with E-state index in [4.69, 9.17) is 4.62 Å². The van der Waals surface area contributed by atoms with Crippen LogP contribution >= 0.6 is 9.47 Å². The number of nitrogens with zero attached hydrogens (tertiary/aromatic N) is 1. The molecule has 0 radical (unpaired) electrons. The second-order valence-corrected chi connectivity index (χ2v) is 3.28. The molecule has 0 bridgehead atoms. The molecule has 2 unspecified atom stereocenters. The van der Waals surface area contributed by atoms with Crippen LogP contribution in [0.5, 0.6) is 0 Å². The summed E-state index contributed by atoms with van der Waals surface area (Å²) in [6.07, 6.45) is 2.11. The molecule has 0 saturated carbocycles. The van der Waals surface area contributed by atoms with Gasteiger partial charge < -0.3 is 4.90 Å². The zero-order valence-electron chi connectivity index (χ0n) is 7.25. The fourth-order valence-corrected chi connectivity index (χ4v) is 1.65. The first-order chi connectivity index (χ1) is 5.74. The Bertz CT molecular complexity index is 163.